The molecule has 1 saturated carbocycles. The Bertz CT molecular complexity index is 170. The summed E-state index contributed by atoms with van der Waals surface area (Å²) in [7, 11) is 2.30. The molecule has 0 aromatic heterocycles. The van der Waals surface area contributed by atoms with Crippen LogP contribution in [0.15, 0.2) is 0 Å². The molecule has 3 aliphatic rings. The van der Waals surface area contributed by atoms with E-state index in [0.717, 1.165) is 8.84 Å². The molecule has 0 aromatic rings. The zero-order chi connectivity index (χ0) is 6.82. The monoisotopic (exact) mass is 251 g/mol. The molecule has 2 atom stereocenters. The van der Waals surface area contributed by atoms with E-state index >= 15 is 0 Å². The number of hydrogen-bond acceptors (Lipinski definition) is 2. The van der Waals surface area contributed by atoms with Crippen LogP contribution >= 0.6 is 0 Å². The van der Waals surface area contributed by atoms with Gasteiger partial charge in [0.15, 0.2) is 0 Å². The number of nitrogens with one attached hydrogen (secondary N) is 1. The maximum absolute atomic E-state index is 3.53. The molecule has 0 radical (unpaired) electrons. The zero-order valence-electron chi connectivity index (χ0n) is 6.15. The predicted molar refractivity (Wildman–Crippen MR) is 35.3 cm³/mol. The van der Waals surface area contributed by atoms with Crippen molar-refractivity contribution in [1.82, 2.24) is 8.43 Å². The third kappa shape index (κ3) is 0.505. The van der Waals surface area contributed by atoms with Gasteiger partial charge >= 0.3 is 71.8 Å². The average Bonchev–Trinajstić information content (AvgIpc) is 2.15. The van der Waals surface area contributed by atoms with E-state index in [1.165, 1.54) is 19.6 Å². The molecule has 2 nitrogen and oxygen atoms in total. The second-order valence-electron chi connectivity index (χ2n) is 3.87. The number of alkyl halides is 1. The average molecular weight is 251 g/mol. The minimum absolute atomic E-state index is 0.388. The molecule has 3 heteroatoms. The fourth-order valence-electron chi connectivity index (χ4n) is 2.59. The fourth-order valence-corrected chi connectivity index (χ4v) is 7.20. The van der Waals surface area contributed by atoms with Crippen molar-refractivity contribution in [3.8, 4) is 0 Å². The Kier molecular flexibility index (Phi) is 0.955. The Morgan fingerprint density at radius 3 is 3.20 bits per heavy atom. The van der Waals surface area contributed by atoms with Crippen LogP contribution in [0.1, 0.15) is 6.42 Å². The summed E-state index contributed by atoms with van der Waals surface area (Å²) < 4.78 is 3.45. The molecule has 58 valence electrons. The SMILES string of the molecule is CN1CC23CNC[C@@]2(C3)[I-]1. The van der Waals surface area contributed by atoms with Crippen molar-refractivity contribution in [3.63, 3.8) is 0 Å². The second kappa shape index (κ2) is 1.54. The Morgan fingerprint density at radius 2 is 2.40 bits per heavy atom. The summed E-state index contributed by atoms with van der Waals surface area (Å²) in [5.41, 5.74) is 0.787. The van der Waals surface area contributed by atoms with Crippen molar-refractivity contribution in [2.45, 2.75) is 9.84 Å². The molecule has 1 N–H and O–H groups in total. The van der Waals surface area contributed by atoms with Crippen molar-refractivity contribution in [2.75, 3.05) is 26.7 Å². The van der Waals surface area contributed by atoms with E-state index < -0.39 is 0 Å². The molecule has 1 aliphatic carbocycles. The number of rotatable bonds is 0. The van der Waals surface area contributed by atoms with E-state index in [4.69, 9.17) is 0 Å². The standard InChI is InChI=1S/C7H12IN2/c1-10-5-6-2-7(6,8-10)4-9-3-6/h9H,2-5H2,1H3/q-1/t6?,7-/m1/s1. The molecule has 10 heavy (non-hydrogen) atoms. The van der Waals surface area contributed by atoms with Crippen LogP contribution in [0.2, 0.25) is 0 Å². The molecule has 3 fully saturated rings. The second-order valence-corrected chi connectivity index (χ2v) is 8.07. The van der Waals surface area contributed by atoms with Crippen molar-refractivity contribution < 1.29 is 21.5 Å². The molecular formula is C7H12IN2-. The van der Waals surface area contributed by atoms with Gasteiger partial charge in [0.05, 0.1) is 0 Å². The van der Waals surface area contributed by atoms with Gasteiger partial charge in [-0.2, -0.15) is 0 Å². The number of halogens is 1. The van der Waals surface area contributed by atoms with E-state index in [2.05, 4.69) is 15.5 Å². The summed E-state index contributed by atoms with van der Waals surface area (Å²) in [6, 6.07) is 0. The van der Waals surface area contributed by atoms with Crippen LogP contribution in [-0.2, 0) is 0 Å². The van der Waals surface area contributed by atoms with Crippen LogP contribution < -0.4 is 26.8 Å². The van der Waals surface area contributed by atoms with Crippen LogP contribution in [-0.4, -0.2) is 33.2 Å². The molecular weight excluding hydrogens is 239 g/mol. The van der Waals surface area contributed by atoms with Crippen LogP contribution in [0.4, 0.5) is 0 Å². The normalized spacial score (nSPS) is 59.3. The predicted octanol–water partition coefficient (Wildman–Crippen LogP) is -3.33. The van der Waals surface area contributed by atoms with Gasteiger partial charge < -0.3 is 0 Å². The quantitative estimate of drug-likeness (QED) is 0.275. The summed E-state index contributed by atoms with van der Waals surface area (Å²) in [6.45, 7) is 4.05. The van der Waals surface area contributed by atoms with E-state index in [9.17, 15) is 0 Å². The van der Waals surface area contributed by atoms with Crippen molar-refractivity contribution in [3.05, 3.63) is 0 Å². The summed E-state index contributed by atoms with van der Waals surface area (Å²) in [5, 5.41) is 3.53. The maximum atomic E-state index is 3.53. The summed E-state index contributed by atoms with van der Waals surface area (Å²) in [5.74, 6) is 0. The summed E-state index contributed by atoms with van der Waals surface area (Å²) in [6.07, 6.45) is 1.56. The van der Waals surface area contributed by atoms with Gasteiger partial charge in [-0.25, -0.2) is 0 Å². The van der Waals surface area contributed by atoms with E-state index in [1.807, 2.05) is 0 Å². The molecule has 2 aliphatic heterocycles. The number of piperidine rings is 1. The van der Waals surface area contributed by atoms with Gasteiger partial charge in [0.2, 0.25) is 0 Å². The molecule has 2 saturated heterocycles. The molecule has 2 heterocycles. The van der Waals surface area contributed by atoms with Gasteiger partial charge in [0, 0.05) is 0 Å². The van der Waals surface area contributed by atoms with Gasteiger partial charge in [0.25, 0.3) is 0 Å². The van der Waals surface area contributed by atoms with E-state index in [0.29, 0.717) is 21.5 Å². The first-order chi connectivity index (χ1) is 4.77. The molecule has 0 aromatic carbocycles. The zero-order valence-corrected chi connectivity index (χ0v) is 8.31. The number of hydrogen-bond donors (Lipinski definition) is 1. The van der Waals surface area contributed by atoms with Crippen molar-refractivity contribution in [2.24, 2.45) is 5.41 Å². The van der Waals surface area contributed by atoms with Gasteiger partial charge in [-0.05, 0) is 0 Å². The van der Waals surface area contributed by atoms with Crippen molar-refractivity contribution in [1.29, 1.82) is 0 Å². The molecule has 0 amide bonds. The first-order valence-electron chi connectivity index (χ1n) is 3.85. The first-order valence-corrected chi connectivity index (χ1v) is 5.89. The van der Waals surface area contributed by atoms with Crippen molar-refractivity contribution >= 4 is 0 Å². The Balaban J connectivity index is 1.97. The number of nitrogens with zero attached hydrogens (tertiary/aromatic N) is 1. The summed E-state index contributed by atoms with van der Waals surface area (Å²) in [4.78, 5) is 0. The molecule has 1 unspecified atom stereocenters. The first kappa shape index (κ1) is 6.20. The van der Waals surface area contributed by atoms with Crippen LogP contribution in [0.5, 0.6) is 0 Å². The third-order valence-corrected chi connectivity index (χ3v) is 7.13. The minimum atomic E-state index is 0.388. The third-order valence-electron chi connectivity index (χ3n) is 3.14. The van der Waals surface area contributed by atoms with Crippen LogP contribution in [0.25, 0.3) is 0 Å². The van der Waals surface area contributed by atoms with E-state index in [-0.39, 0.29) is 0 Å². The van der Waals surface area contributed by atoms with Gasteiger partial charge in [-0.1, -0.05) is 0 Å². The van der Waals surface area contributed by atoms with E-state index in [1.54, 1.807) is 6.42 Å². The van der Waals surface area contributed by atoms with Crippen LogP contribution in [0.3, 0.4) is 0 Å². The summed E-state index contributed by atoms with van der Waals surface area (Å²) >= 11 is 0.388. The Labute approximate surface area is 72.0 Å². The van der Waals surface area contributed by atoms with Crippen LogP contribution in [0, 0.1) is 5.41 Å². The molecule has 0 bridgehead atoms. The Hall–Kier alpha value is 0.650. The topological polar surface area (TPSA) is 15.3 Å². The molecule has 3 rings (SSSR count). The van der Waals surface area contributed by atoms with Gasteiger partial charge in [0.1, 0.15) is 0 Å². The molecule has 0 spiro atoms. The van der Waals surface area contributed by atoms with Gasteiger partial charge in [-0.15, -0.1) is 0 Å². The fraction of sp³-hybridized carbons (Fsp3) is 1.00. The van der Waals surface area contributed by atoms with Gasteiger partial charge in [-0.3, -0.25) is 0 Å². The Morgan fingerprint density at radius 1 is 1.50 bits per heavy atom.